The molecule has 0 N–H and O–H groups in total. The van der Waals surface area contributed by atoms with Crippen LogP contribution in [0.15, 0.2) is 42.1 Å². The lowest BCUT2D eigenvalue weighted by molar-refractivity contribution is -0.133. The van der Waals surface area contributed by atoms with Crippen LogP contribution in [-0.2, 0) is 9.59 Å². The first-order chi connectivity index (χ1) is 18.6. The van der Waals surface area contributed by atoms with Crippen molar-refractivity contribution in [2.24, 2.45) is 38.4 Å². The molecular formula is C34H41N3O3. The van der Waals surface area contributed by atoms with Gasteiger partial charge in [0.15, 0.2) is 11.6 Å². The van der Waals surface area contributed by atoms with Gasteiger partial charge in [-0.05, 0) is 73.2 Å². The van der Waals surface area contributed by atoms with Crippen molar-refractivity contribution in [2.45, 2.75) is 93.4 Å². The fourth-order valence-corrected chi connectivity index (χ4v) is 9.86. The first-order valence-electron chi connectivity index (χ1n) is 14.8. The summed E-state index contributed by atoms with van der Waals surface area (Å²) in [5.41, 5.74) is -1.46. The van der Waals surface area contributed by atoms with Crippen molar-refractivity contribution in [1.29, 1.82) is 0 Å². The Morgan fingerprint density at radius 1 is 1.00 bits per heavy atom. The second-order valence-corrected chi connectivity index (χ2v) is 15.2. The summed E-state index contributed by atoms with van der Waals surface area (Å²) in [6.45, 7) is 22.9. The maximum absolute atomic E-state index is 14.5. The van der Waals surface area contributed by atoms with Gasteiger partial charge >= 0.3 is 0 Å². The first kappa shape index (κ1) is 27.4. The number of hydrogen-bond donors (Lipinski definition) is 0. The Balaban J connectivity index is 1.53. The van der Waals surface area contributed by atoms with Crippen LogP contribution in [0.25, 0.3) is 4.85 Å². The van der Waals surface area contributed by atoms with E-state index in [1.54, 1.807) is 23.3 Å². The highest BCUT2D eigenvalue weighted by atomic mass is 16.2. The Hall–Kier alpha value is -2.81. The monoisotopic (exact) mass is 539 g/mol. The number of nitrogens with zero attached hydrogens (tertiary/aromatic N) is 3. The van der Waals surface area contributed by atoms with Crippen LogP contribution in [0.1, 0.15) is 98.2 Å². The molecule has 0 aliphatic heterocycles. The van der Waals surface area contributed by atoms with Crippen LogP contribution >= 0.6 is 0 Å². The molecular weight excluding hydrogens is 498 g/mol. The molecule has 6 rings (SSSR count). The molecule has 0 aromatic carbocycles. The lowest BCUT2D eigenvalue weighted by atomic mass is 9.34. The van der Waals surface area contributed by atoms with Crippen LogP contribution in [0.3, 0.4) is 0 Å². The van der Waals surface area contributed by atoms with Crippen LogP contribution in [0.2, 0.25) is 0 Å². The lowest BCUT2D eigenvalue weighted by Crippen LogP contribution is -2.64. The SMILES string of the molecule is [C-]#[N+]C1=C[C@]2(C)C3=CC(=O)[C]4[C]5CC(C)(C)CC[C@]5(C(=O)n5ccnc5)CC[C@@]4(C)[C@]3(C)CC[C@H]2C(C)(C)C1=O. The fraction of sp³-hybridized carbons (Fsp3) is 0.618. The molecule has 2 radical (unpaired) electrons. The Labute approximate surface area is 238 Å². The van der Waals surface area contributed by atoms with E-state index >= 15 is 0 Å². The molecule has 0 saturated heterocycles. The molecule has 5 aliphatic rings. The van der Waals surface area contributed by atoms with Gasteiger partial charge in [-0.15, -0.1) is 0 Å². The van der Waals surface area contributed by atoms with E-state index in [1.807, 2.05) is 26.0 Å². The molecule has 1 heterocycles. The highest BCUT2D eigenvalue weighted by Crippen LogP contribution is 2.75. The average Bonchev–Trinajstić information content (AvgIpc) is 3.42. The molecule has 0 amide bonds. The first-order valence-corrected chi connectivity index (χ1v) is 14.8. The van der Waals surface area contributed by atoms with Crippen molar-refractivity contribution in [1.82, 2.24) is 9.55 Å². The van der Waals surface area contributed by atoms with Crippen molar-refractivity contribution in [3.05, 3.63) is 65.4 Å². The minimum absolute atomic E-state index is 0.00482. The average molecular weight is 540 g/mol. The maximum Gasteiger partial charge on any atom is 0.238 e. The number of carbonyl (C=O) groups excluding carboxylic acids is 3. The van der Waals surface area contributed by atoms with E-state index in [1.165, 1.54) is 0 Å². The molecule has 0 unspecified atom stereocenters. The Morgan fingerprint density at radius 2 is 1.70 bits per heavy atom. The quantitative estimate of drug-likeness (QED) is 0.360. The van der Waals surface area contributed by atoms with Gasteiger partial charge < -0.3 is 4.79 Å². The number of Topliss-reactive ketones (excluding diaryl/α,β-unsaturated/α-hetero) is 1. The number of rotatable bonds is 1. The van der Waals surface area contributed by atoms with E-state index < -0.39 is 21.7 Å². The normalized spacial score (nSPS) is 40.5. The zero-order chi connectivity index (χ0) is 29.1. The number of imidazole rings is 1. The van der Waals surface area contributed by atoms with Crippen LogP contribution < -0.4 is 0 Å². The molecule has 6 nitrogen and oxygen atoms in total. The summed E-state index contributed by atoms with van der Waals surface area (Å²) >= 11 is 0. The summed E-state index contributed by atoms with van der Waals surface area (Å²) in [6.07, 6.45) is 14.3. The second kappa shape index (κ2) is 8.14. The van der Waals surface area contributed by atoms with Gasteiger partial charge in [-0.1, -0.05) is 60.1 Å². The zero-order valence-electron chi connectivity index (χ0n) is 25.0. The van der Waals surface area contributed by atoms with Gasteiger partial charge in [-0.3, -0.25) is 14.2 Å². The third-order valence-electron chi connectivity index (χ3n) is 12.3. The van der Waals surface area contributed by atoms with Crippen LogP contribution in [0, 0.1) is 56.8 Å². The molecule has 1 aromatic heterocycles. The minimum atomic E-state index is -0.694. The van der Waals surface area contributed by atoms with Crippen molar-refractivity contribution in [3.8, 4) is 0 Å². The summed E-state index contributed by atoms with van der Waals surface area (Å²) < 4.78 is 1.61. The van der Waals surface area contributed by atoms with Crippen LogP contribution in [0.4, 0.5) is 0 Å². The third kappa shape index (κ3) is 3.21. The van der Waals surface area contributed by atoms with Crippen molar-refractivity contribution in [3.63, 3.8) is 0 Å². The van der Waals surface area contributed by atoms with E-state index in [0.29, 0.717) is 6.42 Å². The number of fused-ring (bicyclic) bond motifs is 7. The lowest BCUT2D eigenvalue weighted by Gasteiger charge is -2.68. The molecule has 1 aromatic rings. The Morgan fingerprint density at radius 3 is 2.35 bits per heavy atom. The molecule has 3 saturated carbocycles. The van der Waals surface area contributed by atoms with Gasteiger partial charge in [-0.2, -0.15) is 0 Å². The van der Waals surface area contributed by atoms with Gasteiger partial charge in [0.25, 0.3) is 0 Å². The predicted octanol–water partition coefficient (Wildman–Crippen LogP) is 7.01. The third-order valence-corrected chi connectivity index (χ3v) is 12.3. The number of hydrogen-bond acceptors (Lipinski definition) is 4. The van der Waals surface area contributed by atoms with Crippen LogP contribution in [0.5, 0.6) is 0 Å². The van der Waals surface area contributed by atoms with Gasteiger partial charge in [0.1, 0.15) is 6.33 Å². The number of allylic oxidation sites excluding steroid dienone is 4. The topological polar surface area (TPSA) is 73.4 Å². The highest BCUT2D eigenvalue weighted by molar-refractivity contribution is 6.09. The van der Waals surface area contributed by atoms with E-state index in [9.17, 15) is 14.4 Å². The molecule has 5 aliphatic carbocycles. The summed E-state index contributed by atoms with van der Waals surface area (Å²) in [4.78, 5) is 49.8. The van der Waals surface area contributed by atoms with Gasteiger partial charge in [0.2, 0.25) is 11.6 Å². The molecule has 210 valence electrons. The largest absolute Gasteiger partial charge is 0.307 e. The fourth-order valence-electron chi connectivity index (χ4n) is 9.86. The second-order valence-electron chi connectivity index (χ2n) is 15.2. The zero-order valence-corrected chi connectivity index (χ0v) is 25.0. The van der Waals surface area contributed by atoms with E-state index in [4.69, 9.17) is 6.57 Å². The summed E-state index contributed by atoms with van der Waals surface area (Å²) in [6, 6.07) is 0. The van der Waals surface area contributed by atoms with Crippen molar-refractivity contribution < 1.29 is 14.4 Å². The van der Waals surface area contributed by atoms with Gasteiger partial charge in [-0.25, -0.2) is 9.83 Å². The van der Waals surface area contributed by atoms with Crippen molar-refractivity contribution >= 4 is 17.5 Å². The predicted molar refractivity (Wildman–Crippen MR) is 152 cm³/mol. The van der Waals surface area contributed by atoms with Crippen molar-refractivity contribution in [2.75, 3.05) is 0 Å². The van der Waals surface area contributed by atoms with E-state index in [0.717, 1.165) is 55.9 Å². The molecule has 40 heavy (non-hydrogen) atoms. The van der Waals surface area contributed by atoms with E-state index in [-0.39, 0.29) is 39.9 Å². The van der Waals surface area contributed by atoms with Gasteiger partial charge in [0, 0.05) is 29.1 Å². The number of carbonyl (C=O) groups is 3. The number of aromatic nitrogens is 2. The highest BCUT2D eigenvalue weighted by Gasteiger charge is 2.71. The summed E-state index contributed by atoms with van der Waals surface area (Å²) in [5.74, 6) is 1.87. The molecule has 3 fully saturated rings. The molecule has 5 atom stereocenters. The molecule has 0 bridgehead atoms. The van der Waals surface area contributed by atoms with Crippen LogP contribution in [-0.4, -0.2) is 27.0 Å². The standard InChI is InChI=1S/C34H41N3O3/c1-29(2)11-13-34(28(40)37-16-15-36-20-37)14-12-33(7)26(21(34)18-29)23(38)17-25-31(5)19-22(35-8)27(39)30(3,4)24(31)9-10-32(25,33)6/h15-17,19-20,24H,9-14,18H2,1-7H3/t24-,31-,32+,33+,34-/m0/s1. The maximum atomic E-state index is 14.5. The summed E-state index contributed by atoms with van der Waals surface area (Å²) in [5, 5.41) is 0. The molecule has 0 spiro atoms. The smallest absolute Gasteiger partial charge is 0.238 e. The Kier molecular flexibility index (Phi) is 5.57. The Bertz CT molecular complexity index is 1420. The van der Waals surface area contributed by atoms with E-state index in [2.05, 4.69) is 44.4 Å². The number of ketones is 2. The summed E-state index contributed by atoms with van der Waals surface area (Å²) in [7, 11) is 0. The molecule has 6 heteroatoms. The van der Waals surface area contributed by atoms with Gasteiger partial charge in [0.05, 0.1) is 17.9 Å². The minimum Gasteiger partial charge on any atom is -0.307 e.